The van der Waals surface area contributed by atoms with Crippen LogP contribution in [0.5, 0.6) is 0 Å². The van der Waals surface area contributed by atoms with Crippen LogP contribution in [0.3, 0.4) is 0 Å². The first kappa shape index (κ1) is 16.4. The van der Waals surface area contributed by atoms with E-state index in [-0.39, 0.29) is 0 Å². The molecule has 0 spiro atoms. The Bertz CT molecular complexity index is 983. The van der Waals surface area contributed by atoms with Gasteiger partial charge in [-0.05, 0) is 47.4 Å². The van der Waals surface area contributed by atoms with E-state index in [9.17, 15) is 4.79 Å². The Kier molecular flexibility index (Phi) is 12.1. The summed E-state index contributed by atoms with van der Waals surface area (Å²) in [4.78, 5) is 12.6. The third-order valence-electron chi connectivity index (χ3n) is 1.10. The summed E-state index contributed by atoms with van der Waals surface area (Å²) in [6, 6.07) is 2.09. The van der Waals surface area contributed by atoms with Gasteiger partial charge < -0.3 is 0 Å². The fourth-order valence-electron chi connectivity index (χ4n) is 0.521. The van der Waals surface area contributed by atoms with E-state index in [0.717, 1.165) is 0 Å². The fourth-order valence-corrected chi connectivity index (χ4v) is 0.521. The van der Waals surface area contributed by atoms with Crippen molar-refractivity contribution in [2.75, 3.05) is 0 Å². The van der Waals surface area contributed by atoms with Crippen LogP contribution >= 0.6 is 0 Å². The minimum absolute atomic E-state index is 1.25. The van der Waals surface area contributed by atoms with E-state index < -0.39 is 0 Å². The molecule has 88 valence electrons. The molecule has 0 N–H and O–H groups in total. The van der Waals surface area contributed by atoms with Crippen LogP contribution in [-0.4, -0.2) is 6.08 Å². The predicted molar refractivity (Wildman–Crippen MR) is 79.2 cm³/mol. The maximum absolute atomic E-state index is 9.63. The van der Waals surface area contributed by atoms with E-state index in [1.165, 1.54) is 6.08 Å². The average Bonchev–Trinajstić information content (AvgIpc) is 2.50. The van der Waals surface area contributed by atoms with Crippen molar-refractivity contribution in [1.82, 2.24) is 0 Å². The Hall–Kier alpha value is -4.58. The molecular formula is C19HNO. The van der Waals surface area contributed by atoms with Crippen molar-refractivity contribution < 1.29 is 4.79 Å². The van der Waals surface area contributed by atoms with Crippen LogP contribution in [0.1, 0.15) is 0 Å². The molecule has 2 nitrogen and oxygen atoms in total. The molecule has 0 aliphatic rings. The standard InChI is InChI=1S/C19HNO/c1-2-3-4-5-6-7-8-9-10-11-12-13-14-15-16-17-18-20-19-21/h1H. The fraction of sp³-hybridized carbons (Fsp3) is 0. The third-order valence-corrected chi connectivity index (χ3v) is 1.10. The molecule has 0 fully saturated rings. The zero-order valence-corrected chi connectivity index (χ0v) is 10.4. The van der Waals surface area contributed by atoms with Crippen molar-refractivity contribution in [2.45, 2.75) is 0 Å². The van der Waals surface area contributed by atoms with Crippen LogP contribution in [0, 0.1) is 107 Å². The summed E-state index contributed by atoms with van der Waals surface area (Å²) in [5.74, 6) is 38.2. The molecule has 0 aliphatic carbocycles. The first-order chi connectivity index (χ1) is 10.4. The zero-order valence-electron chi connectivity index (χ0n) is 10.4. The lowest BCUT2D eigenvalue weighted by atomic mass is 10.5. The van der Waals surface area contributed by atoms with Crippen LogP contribution < -0.4 is 0 Å². The Morgan fingerprint density at radius 1 is 0.524 bits per heavy atom. The minimum atomic E-state index is 1.25. The molecule has 0 aromatic carbocycles. The summed E-state index contributed by atoms with van der Waals surface area (Å²) in [7, 11) is 0. The lowest BCUT2D eigenvalue weighted by Crippen LogP contribution is -1.56. The SMILES string of the molecule is C#CC#CC#CC#CC#CC#CC#CC#CC#CN=C=O. The highest BCUT2D eigenvalue weighted by molar-refractivity contribution is 5.46. The van der Waals surface area contributed by atoms with Gasteiger partial charge in [-0.3, -0.25) is 0 Å². The highest BCUT2D eigenvalue weighted by Crippen LogP contribution is 1.58. The van der Waals surface area contributed by atoms with Gasteiger partial charge in [-0.1, -0.05) is 0 Å². The Balaban J connectivity index is 4.36. The van der Waals surface area contributed by atoms with Crippen LogP contribution in [0.25, 0.3) is 0 Å². The number of aliphatic imine (C=N–C) groups is 1. The van der Waals surface area contributed by atoms with Crippen molar-refractivity contribution >= 4 is 6.08 Å². The summed E-state index contributed by atoms with van der Waals surface area (Å²) in [6.45, 7) is 0. The number of nitrogens with zero attached hydrogens (tertiary/aromatic N) is 1. The number of hydrogen-bond acceptors (Lipinski definition) is 2. The number of carbonyl (C=O) groups excluding carboxylic acids is 1. The number of isocyanates is 1. The highest BCUT2D eigenvalue weighted by Gasteiger charge is 1.58. The number of hydrogen-bond donors (Lipinski definition) is 0. The molecule has 0 aliphatic heterocycles. The molecular weight excluding hydrogens is 258 g/mol. The van der Waals surface area contributed by atoms with Gasteiger partial charge in [-0.2, -0.15) is 0 Å². The van der Waals surface area contributed by atoms with Gasteiger partial charge in [0.05, 0.1) is 6.04 Å². The lowest BCUT2D eigenvalue weighted by molar-refractivity contribution is 0.565. The number of rotatable bonds is 0. The zero-order chi connectivity index (χ0) is 15.4. The second-order valence-electron chi connectivity index (χ2n) is 2.33. The van der Waals surface area contributed by atoms with Crippen molar-refractivity contribution in [3.8, 4) is 107 Å². The van der Waals surface area contributed by atoms with Crippen LogP contribution in [0.4, 0.5) is 0 Å². The molecule has 0 bridgehead atoms. The van der Waals surface area contributed by atoms with Crippen molar-refractivity contribution in [1.29, 1.82) is 0 Å². The van der Waals surface area contributed by atoms with Crippen LogP contribution in [0.2, 0.25) is 0 Å². The Morgan fingerprint density at radius 3 is 1.19 bits per heavy atom. The normalized spacial score (nSPS) is 3.95. The maximum Gasteiger partial charge on any atom is 0.249 e. The van der Waals surface area contributed by atoms with E-state index >= 15 is 0 Å². The van der Waals surface area contributed by atoms with Crippen molar-refractivity contribution in [3.63, 3.8) is 0 Å². The predicted octanol–water partition coefficient (Wildman–Crippen LogP) is -0.0599. The monoisotopic (exact) mass is 259 g/mol. The van der Waals surface area contributed by atoms with Gasteiger partial charge in [0, 0.05) is 47.4 Å². The summed E-state index contributed by atoms with van der Waals surface area (Å²) in [6.07, 6.45) is 6.13. The largest absolute Gasteiger partial charge is 0.249 e. The Labute approximate surface area is 123 Å². The molecule has 0 rings (SSSR count). The van der Waals surface area contributed by atoms with E-state index in [1.54, 1.807) is 0 Å². The van der Waals surface area contributed by atoms with E-state index in [0.29, 0.717) is 0 Å². The van der Waals surface area contributed by atoms with E-state index in [1.807, 2.05) is 0 Å². The molecule has 0 unspecified atom stereocenters. The van der Waals surface area contributed by atoms with Crippen molar-refractivity contribution in [2.24, 2.45) is 4.99 Å². The molecule has 0 radical (unpaired) electrons. The van der Waals surface area contributed by atoms with E-state index in [4.69, 9.17) is 6.42 Å². The van der Waals surface area contributed by atoms with Gasteiger partial charge in [-0.15, -0.1) is 11.4 Å². The minimum Gasteiger partial charge on any atom is -0.210 e. The average molecular weight is 259 g/mol. The second kappa shape index (κ2) is 15.4. The molecule has 0 atom stereocenters. The van der Waals surface area contributed by atoms with Gasteiger partial charge in [-0.25, -0.2) is 4.79 Å². The smallest absolute Gasteiger partial charge is 0.210 e. The molecule has 0 heterocycles. The molecule has 0 saturated heterocycles. The molecule has 0 aromatic rings. The maximum atomic E-state index is 9.63. The third kappa shape index (κ3) is 15.4. The first-order valence-corrected chi connectivity index (χ1v) is 4.94. The quantitative estimate of drug-likeness (QED) is 0.340. The summed E-state index contributed by atoms with van der Waals surface area (Å²) < 4.78 is 0. The summed E-state index contributed by atoms with van der Waals surface area (Å²) in [5, 5.41) is 0. The molecule has 21 heavy (non-hydrogen) atoms. The van der Waals surface area contributed by atoms with Crippen LogP contribution in [0.15, 0.2) is 4.99 Å². The van der Waals surface area contributed by atoms with Gasteiger partial charge in [0.15, 0.2) is 0 Å². The highest BCUT2D eigenvalue weighted by atomic mass is 16.1. The Morgan fingerprint density at radius 2 is 0.857 bits per heavy atom. The topological polar surface area (TPSA) is 29.4 Å². The summed E-state index contributed by atoms with van der Waals surface area (Å²) >= 11 is 0. The van der Waals surface area contributed by atoms with Crippen LogP contribution in [-0.2, 0) is 4.79 Å². The van der Waals surface area contributed by atoms with Gasteiger partial charge in [0.25, 0.3) is 0 Å². The van der Waals surface area contributed by atoms with E-state index in [2.05, 4.69) is 106 Å². The first-order valence-electron chi connectivity index (χ1n) is 4.94. The molecule has 0 amide bonds. The molecule has 0 saturated carbocycles. The van der Waals surface area contributed by atoms with Gasteiger partial charge in [0.2, 0.25) is 6.08 Å². The molecule has 2 heteroatoms. The number of terminal acetylenes is 1. The van der Waals surface area contributed by atoms with Gasteiger partial charge >= 0.3 is 0 Å². The van der Waals surface area contributed by atoms with Crippen molar-refractivity contribution in [3.05, 3.63) is 0 Å². The lowest BCUT2D eigenvalue weighted by Gasteiger charge is -1.56. The molecule has 0 aromatic heterocycles. The van der Waals surface area contributed by atoms with Gasteiger partial charge in [0.1, 0.15) is 0 Å². The summed E-state index contributed by atoms with van der Waals surface area (Å²) in [5.41, 5.74) is 0. The second-order valence-corrected chi connectivity index (χ2v) is 2.33.